The molecule has 19 heavy (non-hydrogen) atoms. The summed E-state index contributed by atoms with van der Waals surface area (Å²) in [5.41, 5.74) is 1.92. The van der Waals surface area contributed by atoms with Crippen LogP contribution in [0.4, 0.5) is 0 Å². The molecular formula is C15H14N2OS. The van der Waals surface area contributed by atoms with Gasteiger partial charge < -0.3 is 4.42 Å². The zero-order chi connectivity index (χ0) is 13.1. The Labute approximate surface area is 116 Å². The normalized spacial score (nSPS) is 19.8. The summed E-state index contributed by atoms with van der Waals surface area (Å²) in [4.78, 5) is 0. The molecule has 0 radical (unpaired) electrons. The fourth-order valence-electron chi connectivity index (χ4n) is 1.96. The molecule has 2 aromatic rings. The molecule has 1 aromatic carbocycles. The molecule has 1 aliphatic rings. The number of thioether (sulfide) groups is 1. The Kier molecular flexibility index (Phi) is 3.51. The lowest BCUT2D eigenvalue weighted by Gasteiger charge is -2.04. The van der Waals surface area contributed by atoms with Crippen molar-refractivity contribution in [3.63, 3.8) is 0 Å². The van der Waals surface area contributed by atoms with Gasteiger partial charge in [-0.3, -0.25) is 0 Å². The molecule has 1 atom stereocenters. The fourth-order valence-corrected chi connectivity index (χ4v) is 2.84. The van der Waals surface area contributed by atoms with Crippen molar-refractivity contribution >= 4 is 34.7 Å². The highest BCUT2D eigenvalue weighted by Crippen LogP contribution is 2.25. The third-order valence-corrected chi connectivity index (χ3v) is 4.21. The summed E-state index contributed by atoms with van der Waals surface area (Å²) in [6.45, 7) is 2.01. The van der Waals surface area contributed by atoms with E-state index >= 15 is 0 Å². The van der Waals surface area contributed by atoms with Gasteiger partial charge in [-0.2, -0.15) is 10.2 Å². The predicted octanol–water partition coefficient (Wildman–Crippen LogP) is 4.25. The largest absolute Gasteiger partial charge is 0.455 e. The van der Waals surface area contributed by atoms with E-state index in [0.717, 1.165) is 28.9 Å². The van der Waals surface area contributed by atoms with E-state index in [0.29, 0.717) is 5.25 Å². The highest BCUT2D eigenvalue weighted by atomic mass is 32.2. The molecule has 1 aliphatic heterocycles. The molecule has 1 aromatic heterocycles. The van der Waals surface area contributed by atoms with Crippen molar-refractivity contribution in [3.8, 4) is 0 Å². The van der Waals surface area contributed by atoms with Gasteiger partial charge in [-0.25, -0.2) is 0 Å². The maximum atomic E-state index is 5.64. The van der Waals surface area contributed by atoms with E-state index in [1.807, 2.05) is 37.3 Å². The summed E-state index contributed by atoms with van der Waals surface area (Å²) in [6, 6.07) is 9.88. The van der Waals surface area contributed by atoms with Gasteiger partial charge in [0.2, 0.25) is 0 Å². The second kappa shape index (κ2) is 5.45. The number of nitrogens with zero attached hydrogens (tertiary/aromatic N) is 2. The third-order valence-electron chi connectivity index (χ3n) is 3.00. The second-order valence-corrected chi connectivity index (χ2v) is 5.52. The lowest BCUT2D eigenvalue weighted by Crippen LogP contribution is -2.09. The van der Waals surface area contributed by atoms with Gasteiger partial charge in [-0.05, 0) is 30.9 Å². The highest BCUT2D eigenvalue weighted by Gasteiger charge is 2.13. The quantitative estimate of drug-likeness (QED) is 0.617. The van der Waals surface area contributed by atoms with Crippen LogP contribution in [0.5, 0.6) is 0 Å². The van der Waals surface area contributed by atoms with Crippen molar-refractivity contribution < 1.29 is 4.42 Å². The Hall–Kier alpha value is -1.81. The van der Waals surface area contributed by atoms with Gasteiger partial charge in [0.05, 0.1) is 17.2 Å². The topological polar surface area (TPSA) is 37.9 Å². The molecule has 0 bridgehead atoms. The van der Waals surface area contributed by atoms with E-state index in [1.54, 1.807) is 18.0 Å². The molecule has 2 heterocycles. The van der Waals surface area contributed by atoms with Crippen LogP contribution < -0.4 is 0 Å². The minimum absolute atomic E-state index is 0.438. The average Bonchev–Trinajstić information content (AvgIpc) is 3.07. The summed E-state index contributed by atoms with van der Waals surface area (Å²) < 4.78 is 5.64. The molecule has 96 valence electrons. The molecule has 0 N–H and O–H groups in total. The molecule has 0 saturated heterocycles. The molecule has 0 aliphatic carbocycles. The van der Waals surface area contributed by atoms with Crippen LogP contribution in [0.25, 0.3) is 11.0 Å². The van der Waals surface area contributed by atoms with Gasteiger partial charge in [0.1, 0.15) is 11.3 Å². The number of hydrogen-bond donors (Lipinski definition) is 0. The molecule has 4 heteroatoms. The maximum absolute atomic E-state index is 5.64. The predicted molar refractivity (Wildman–Crippen MR) is 82.1 cm³/mol. The summed E-state index contributed by atoms with van der Waals surface area (Å²) in [5.74, 6) is 0.731. The first-order valence-corrected chi connectivity index (χ1v) is 7.14. The molecule has 0 spiro atoms. The average molecular weight is 270 g/mol. The van der Waals surface area contributed by atoms with Crippen molar-refractivity contribution in [1.82, 2.24) is 0 Å². The van der Waals surface area contributed by atoms with Gasteiger partial charge in [0.15, 0.2) is 0 Å². The van der Waals surface area contributed by atoms with Crippen molar-refractivity contribution in [1.29, 1.82) is 0 Å². The van der Waals surface area contributed by atoms with Crippen LogP contribution >= 0.6 is 11.8 Å². The van der Waals surface area contributed by atoms with Crippen molar-refractivity contribution in [3.05, 3.63) is 47.6 Å². The van der Waals surface area contributed by atoms with Crippen LogP contribution in [0.3, 0.4) is 0 Å². The first-order valence-electron chi connectivity index (χ1n) is 6.19. The lowest BCUT2D eigenvalue weighted by molar-refractivity contribution is 0.607. The number of benzene rings is 1. The highest BCUT2D eigenvalue weighted by molar-refractivity contribution is 8.03. The van der Waals surface area contributed by atoms with Gasteiger partial charge in [-0.15, -0.1) is 11.8 Å². The minimum atomic E-state index is 0.438. The van der Waals surface area contributed by atoms with Gasteiger partial charge >= 0.3 is 0 Å². The molecule has 1 unspecified atom stereocenters. The number of furan rings is 1. The zero-order valence-electron chi connectivity index (χ0n) is 10.6. The lowest BCUT2D eigenvalue weighted by atomic mass is 10.2. The molecule has 3 rings (SSSR count). The Bertz CT molecular complexity index is 629. The Balaban J connectivity index is 1.73. The van der Waals surface area contributed by atoms with Crippen molar-refractivity contribution in [2.45, 2.75) is 18.6 Å². The standard InChI is InChI=1S/C15H14N2OS/c1-11(15-7-4-8-19-15)17-16-10-13-9-12-5-2-3-6-14(12)18-13/h2-6,8-10,15H,7H2,1H3/b16-10?,17-11+. The molecule has 0 amide bonds. The monoisotopic (exact) mass is 270 g/mol. The van der Waals surface area contributed by atoms with E-state index in [1.165, 1.54) is 0 Å². The van der Waals surface area contributed by atoms with E-state index in [2.05, 4.69) is 21.7 Å². The third kappa shape index (κ3) is 2.79. The van der Waals surface area contributed by atoms with E-state index in [9.17, 15) is 0 Å². The first-order chi connectivity index (χ1) is 9.33. The number of allylic oxidation sites excluding steroid dienone is 1. The van der Waals surface area contributed by atoms with Gasteiger partial charge in [-0.1, -0.05) is 24.3 Å². The summed E-state index contributed by atoms with van der Waals surface area (Å²) in [6.07, 6.45) is 4.87. The Morgan fingerprint density at radius 2 is 2.32 bits per heavy atom. The number of hydrogen-bond acceptors (Lipinski definition) is 4. The smallest absolute Gasteiger partial charge is 0.148 e. The second-order valence-electron chi connectivity index (χ2n) is 4.40. The molecule has 0 saturated carbocycles. The molecule has 0 fully saturated rings. The summed E-state index contributed by atoms with van der Waals surface area (Å²) >= 11 is 1.79. The first kappa shape index (κ1) is 12.2. The van der Waals surface area contributed by atoms with Gasteiger partial charge in [0, 0.05) is 5.39 Å². The van der Waals surface area contributed by atoms with Crippen molar-refractivity contribution in [2.75, 3.05) is 0 Å². The van der Waals surface area contributed by atoms with E-state index < -0.39 is 0 Å². The van der Waals surface area contributed by atoms with Crippen LogP contribution in [0.15, 0.2) is 56.4 Å². The van der Waals surface area contributed by atoms with Crippen LogP contribution in [0, 0.1) is 0 Å². The number of rotatable bonds is 3. The summed E-state index contributed by atoms with van der Waals surface area (Å²) in [5, 5.41) is 12.0. The minimum Gasteiger partial charge on any atom is -0.455 e. The summed E-state index contributed by atoms with van der Waals surface area (Å²) in [7, 11) is 0. The van der Waals surface area contributed by atoms with Crippen LogP contribution in [0.2, 0.25) is 0 Å². The maximum Gasteiger partial charge on any atom is 0.148 e. The fraction of sp³-hybridized carbons (Fsp3) is 0.200. The van der Waals surface area contributed by atoms with Crippen LogP contribution in [-0.4, -0.2) is 17.2 Å². The van der Waals surface area contributed by atoms with E-state index in [4.69, 9.17) is 4.42 Å². The Morgan fingerprint density at radius 1 is 1.42 bits per heavy atom. The van der Waals surface area contributed by atoms with Gasteiger partial charge in [0.25, 0.3) is 0 Å². The molecular weight excluding hydrogens is 256 g/mol. The Morgan fingerprint density at radius 3 is 3.11 bits per heavy atom. The number of fused-ring (bicyclic) bond motifs is 1. The SMILES string of the molecule is C/C(=N\N=Cc1cc2ccccc2o1)C1CC=CS1. The van der Waals surface area contributed by atoms with Crippen LogP contribution in [0.1, 0.15) is 19.1 Å². The van der Waals surface area contributed by atoms with Crippen molar-refractivity contribution in [2.24, 2.45) is 10.2 Å². The zero-order valence-corrected chi connectivity index (χ0v) is 11.4. The number of para-hydroxylation sites is 1. The van der Waals surface area contributed by atoms with Crippen LogP contribution in [-0.2, 0) is 0 Å². The molecule has 3 nitrogen and oxygen atoms in total. The van der Waals surface area contributed by atoms with E-state index in [-0.39, 0.29) is 0 Å².